The second kappa shape index (κ2) is 10.7. The maximum atomic E-state index is 14.0. The molecule has 0 unspecified atom stereocenters. The monoisotopic (exact) mass is 461 g/mol. The number of carbonyl (C=O) groups excluding carboxylic acids is 2. The molecule has 2 amide bonds. The zero-order valence-corrected chi connectivity index (χ0v) is 21.1. The van der Waals surface area contributed by atoms with Gasteiger partial charge >= 0.3 is 0 Å². The fraction of sp³-hybridized carbons (Fsp3) is 0.517. The second-order valence-electron chi connectivity index (χ2n) is 10.1. The van der Waals surface area contributed by atoms with Gasteiger partial charge in [-0.3, -0.25) is 9.59 Å². The van der Waals surface area contributed by atoms with Crippen LogP contribution in [0.3, 0.4) is 0 Å². The number of rotatable bonds is 9. The molecule has 0 saturated carbocycles. The van der Waals surface area contributed by atoms with E-state index in [0.29, 0.717) is 6.54 Å². The lowest BCUT2D eigenvalue weighted by molar-refractivity contribution is -0.154. The summed E-state index contributed by atoms with van der Waals surface area (Å²) in [6.07, 6.45) is 3.43. The molecule has 1 aliphatic heterocycles. The molecule has 0 aromatic heterocycles. The number of nitrogens with zero attached hydrogens (tertiary/aromatic N) is 2. The van der Waals surface area contributed by atoms with E-state index >= 15 is 0 Å². The van der Waals surface area contributed by atoms with Gasteiger partial charge in [0.1, 0.15) is 12.1 Å². The van der Waals surface area contributed by atoms with Crippen molar-refractivity contribution < 1.29 is 9.59 Å². The maximum absolute atomic E-state index is 14.0. The topological polar surface area (TPSA) is 52.7 Å². The maximum Gasteiger partial charge on any atom is 0.246 e. The van der Waals surface area contributed by atoms with E-state index in [0.717, 1.165) is 44.3 Å². The van der Waals surface area contributed by atoms with Crippen molar-refractivity contribution in [1.29, 1.82) is 0 Å². The van der Waals surface area contributed by atoms with Crippen LogP contribution in [0, 0.1) is 11.8 Å². The van der Waals surface area contributed by atoms with Crippen LogP contribution in [0.25, 0.3) is 0 Å². The van der Waals surface area contributed by atoms with Crippen LogP contribution in [0.1, 0.15) is 55.9 Å². The summed E-state index contributed by atoms with van der Waals surface area (Å²) >= 11 is 0. The van der Waals surface area contributed by atoms with E-state index < -0.39 is 12.1 Å². The number of nitrogens with one attached hydrogen (secondary N) is 1. The third kappa shape index (κ3) is 5.05. The minimum Gasteiger partial charge on any atom is -0.342 e. The van der Waals surface area contributed by atoms with Crippen LogP contribution >= 0.6 is 0 Å². The number of piperazine rings is 1. The summed E-state index contributed by atoms with van der Waals surface area (Å²) in [6.45, 7) is 8.72. The molecular weight excluding hydrogens is 422 g/mol. The Morgan fingerprint density at radius 1 is 0.971 bits per heavy atom. The Balaban J connectivity index is 1.60. The first kappa shape index (κ1) is 24.5. The summed E-state index contributed by atoms with van der Waals surface area (Å²) in [5.41, 5.74) is 4.93. The van der Waals surface area contributed by atoms with Gasteiger partial charge in [-0.15, -0.1) is 0 Å². The molecule has 2 aliphatic rings. The first-order chi connectivity index (χ1) is 16.4. The first-order valence-electron chi connectivity index (χ1n) is 12.9. The van der Waals surface area contributed by atoms with Crippen molar-refractivity contribution >= 4 is 11.8 Å². The lowest BCUT2D eigenvalue weighted by Crippen LogP contribution is -2.66. The van der Waals surface area contributed by atoms with Gasteiger partial charge in [-0.05, 0) is 60.5 Å². The van der Waals surface area contributed by atoms with Crippen LogP contribution in [0.4, 0.5) is 0 Å². The highest BCUT2D eigenvalue weighted by Gasteiger charge is 2.46. The summed E-state index contributed by atoms with van der Waals surface area (Å²) in [6, 6.07) is 16.0. The van der Waals surface area contributed by atoms with Crippen LogP contribution in [0.15, 0.2) is 48.5 Å². The summed E-state index contributed by atoms with van der Waals surface area (Å²) < 4.78 is 0. The van der Waals surface area contributed by atoms with Crippen LogP contribution in [0.5, 0.6) is 0 Å². The molecule has 5 nitrogen and oxygen atoms in total. The molecule has 5 heteroatoms. The molecule has 2 aromatic rings. The molecule has 1 fully saturated rings. The standard InChI is InChI=1S/C29H39N3O2/c1-5-22(6-2)27-28(33)30-26(25-16-23-13-8-9-14-24(23)17-25)29(34)32(27)19-21-12-10-11-20(15-21)18-31(4)7-3/h8-15,22,25-27H,5-7,16-19H2,1-4H3,(H,30,33)/t26-,27-/m1/s1. The van der Waals surface area contributed by atoms with Gasteiger partial charge in [-0.2, -0.15) is 0 Å². The van der Waals surface area contributed by atoms with E-state index in [-0.39, 0.29) is 23.7 Å². The molecule has 34 heavy (non-hydrogen) atoms. The highest BCUT2D eigenvalue weighted by Crippen LogP contribution is 2.33. The van der Waals surface area contributed by atoms with Crippen molar-refractivity contribution in [3.63, 3.8) is 0 Å². The second-order valence-corrected chi connectivity index (χ2v) is 10.1. The number of benzene rings is 2. The van der Waals surface area contributed by atoms with E-state index in [2.05, 4.69) is 86.6 Å². The fourth-order valence-electron chi connectivity index (χ4n) is 5.73. The van der Waals surface area contributed by atoms with Gasteiger partial charge in [0.15, 0.2) is 0 Å². The predicted molar refractivity (Wildman–Crippen MR) is 136 cm³/mol. The van der Waals surface area contributed by atoms with Gasteiger partial charge in [-0.1, -0.05) is 82.1 Å². The molecule has 1 N–H and O–H groups in total. The van der Waals surface area contributed by atoms with E-state index in [9.17, 15) is 9.59 Å². The molecule has 2 aromatic carbocycles. The minimum atomic E-state index is -0.458. The van der Waals surface area contributed by atoms with Crippen molar-refractivity contribution in [3.05, 3.63) is 70.8 Å². The average Bonchev–Trinajstić information content (AvgIpc) is 3.27. The van der Waals surface area contributed by atoms with Gasteiger partial charge < -0.3 is 15.1 Å². The van der Waals surface area contributed by atoms with Crippen LogP contribution < -0.4 is 5.32 Å². The van der Waals surface area contributed by atoms with Crippen molar-refractivity contribution in [1.82, 2.24) is 15.1 Å². The zero-order valence-electron chi connectivity index (χ0n) is 21.1. The molecule has 0 bridgehead atoms. The molecular formula is C29H39N3O2. The molecule has 1 saturated heterocycles. The quantitative estimate of drug-likeness (QED) is 0.609. The van der Waals surface area contributed by atoms with E-state index in [4.69, 9.17) is 0 Å². The summed E-state index contributed by atoms with van der Waals surface area (Å²) in [5.74, 6) is 0.352. The van der Waals surface area contributed by atoms with Gasteiger partial charge in [0, 0.05) is 13.1 Å². The Kier molecular flexibility index (Phi) is 7.72. The number of amides is 2. The molecule has 4 rings (SSSR count). The van der Waals surface area contributed by atoms with Crippen LogP contribution in [-0.2, 0) is 35.5 Å². The Hall–Kier alpha value is -2.66. The summed E-state index contributed by atoms with van der Waals surface area (Å²) in [5, 5.41) is 3.17. The largest absolute Gasteiger partial charge is 0.342 e. The zero-order chi connectivity index (χ0) is 24.2. The van der Waals surface area contributed by atoms with Gasteiger partial charge in [0.25, 0.3) is 0 Å². The summed E-state index contributed by atoms with van der Waals surface area (Å²) in [4.78, 5) is 31.6. The number of hydrogen-bond acceptors (Lipinski definition) is 3. The highest BCUT2D eigenvalue weighted by atomic mass is 16.2. The molecule has 182 valence electrons. The predicted octanol–water partition coefficient (Wildman–Crippen LogP) is 4.19. The Bertz CT molecular complexity index is 991. The van der Waals surface area contributed by atoms with Crippen LogP contribution in [-0.4, -0.2) is 47.3 Å². The third-order valence-electron chi connectivity index (χ3n) is 7.84. The van der Waals surface area contributed by atoms with Crippen molar-refractivity contribution in [3.8, 4) is 0 Å². The lowest BCUT2D eigenvalue weighted by atomic mass is 9.86. The van der Waals surface area contributed by atoms with E-state index in [1.165, 1.54) is 16.7 Å². The number of carbonyl (C=O) groups is 2. The number of fused-ring (bicyclic) bond motifs is 1. The smallest absolute Gasteiger partial charge is 0.246 e. The Morgan fingerprint density at radius 3 is 2.24 bits per heavy atom. The minimum absolute atomic E-state index is 0.0103. The highest BCUT2D eigenvalue weighted by molar-refractivity contribution is 5.97. The number of hydrogen-bond donors (Lipinski definition) is 1. The van der Waals surface area contributed by atoms with Gasteiger partial charge in [0.2, 0.25) is 11.8 Å². The normalized spacial score (nSPS) is 20.8. The van der Waals surface area contributed by atoms with Crippen molar-refractivity contribution in [2.24, 2.45) is 11.8 Å². The first-order valence-corrected chi connectivity index (χ1v) is 12.9. The molecule has 0 radical (unpaired) electrons. The van der Waals surface area contributed by atoms with Gasteiger partial charge in [0.05, 0.1) is 0 Å². The Labute approximate surface area is 204 Å². The molecule has 2 atom stereocenters. The van der Waals surface area contributed by atoms with Crippen molar-refractivity contribution in [2.75, 3.05) is 13.6 Å². The average molecular weight is 462 g/mol. The Morgan fingerprint density at radius 2 is 1.62 bits per heavy atom. The van der Waals surface area contributed by atoms with Crippen LogP contribution in [0.2, 0.25) is 0 Å². The van der Waals surface area contributed by atoms with E-state index in [1.54, 1.807) is 0 Å². The fourth-order valence-corrected chi connectivity index (χ4v) is 5.73. The lowest BCUT2D eigenvalue weighted by Gasteiger charge is -2.43. The SMILES string of the molecule is CCC(CC)[C@@H]1C(=O)N[C@H](C2Cc3ccccc3C2)C(=O)N1Cc1cccc(CN(C)CC)c1. The molecule has 1 aliphatic carbocycles. The van der Waals surface area contributed by atoms with Gasteiger partial charge in [-0.25, -0.2) is 0 Å². The summed E-state index contributed by atoms with van der Waals surface area (Å²) in [7, 11) is 2.11. The van der Waals surface area contributed by atoms with E-state index in [1.807, 2.05) is 4.90 Å². The third-order valence-corrected chi connectivity index (χ3v) is 7.84. The molecule has 1 heterocycles. The molecule has 0 spiro atoms. The van der Waals surface area contributed by atoms with Crippen molar-refractivity contribution in [2.45, 2.75) is 71.6 Å².